The van der Waals surface area contributed by atoms with Gasteiger partial charge in [-0.1, -0.05) is 0 Å². The first-order chi connectivity index (χ1) is 3.27. The summed E-state index contributed by atoms with van der Waals surface area (Å²) in [7, 11) is 0. The Balaban J connectivity index is 3.46. The topological polar surface area (TPSA) is 0 Å². The Morgan fingerprint density at radius 2 is 2.29 bits per heavy atom. The summed E-state index contributed by atoms with van der Waals surface area (Å²) in [6.07, 6.45) is 5.40. The van der Waals surface area contributed by atoms with E-state index >= 15 is 0 Å². The van der Waals surface area contributed by atoms with Crippen molar-refractivity contribution < 1.29 is 15.0 Å². The molecule has 0 atom stereocenters. The van der Waals surface area contributed by atoms with Crippen molar-refractivity contribution in [3.8, 4) is 0 Å². The molecule has 0 aromatic rings. The van der Waals surface area contributed by atoms with E-state index in [0.717, 1.165) is 4.49 Å². The van der Waals surface area contributed by atoms with Gasteiger partial charge in [0.05, 0.1) is 0 Å². The molecule has 0 saturated heterocycles. The Bertz CT molecular complexity index is 101. The molecule has 0 radical (unpaired) electrons. The monoisotopic (exact) mass is 138 g/mol. The Labute approximate surface area is 51.8 Å². The molecule has 42 valence electrons. The van der Waals surface area contributed by atoms with Crippen molar-refractivity contribution >= 4 is 4.49 Å². The fraction of sp³-hybridized carbons (Fsp3) is 0.167. The molecule has 0 nitrogen and oxygen atoms in total. The van der Waals surface area contributed by atoms with Gasteiger partial charge in [-0.2, -0.15) is 0 Å². The van der Waals surface area contributed by atoms with Crippen LogP contribution in [0.1, 0.15) is 6.92 Å². The minimum atomic E-state index is 0.930. The second-order valence-electron chi connectivity index (χ2n) is 1.13. The maximum absolute atomic E-state index is 4.46. The second-order valence-corrected chi connectivity index (χ2v) is 1.91. The molecule has 0 rings (SSSR count). The summed E-state index contributed by atoms with van der Waals surface area (Å²) in [6, 6.07) is 0. The van der Waals surface area contributed by atoms with Gasteiger partial charge in [-0.15, -0.1) is 0 Å². The van der Waals surface area contributed by atoms with Gasteiger partial charge in [-0.3, -0.25) is 0 Å². The fourth-order valence-electron chi connectivity index (χ4n) is 0.195. The summed E-state index contributed by atoms with van der Waals surface area (Å²) < 4.78 is 0.930. The van der Waals surface area contributed by atoms with Crippen molar-refractivity contribution in [2.75, 3.05) is 0 Å². The molecule has 0 aliphatic rings. The van der Waals surface area contributed by atoms with Crippen LogP contribution in [0.2, 0.25) is 0 Å². The van der Waals surface area contributed by atoms with Gasteiger partial charge < -0.3 is 0 Å². The molecule has 7 heavy (non-hydrogen) atoms. The molecule has 0 aromatic carbocycles. The van der Waals surface area contributed by atoms with E-state index in [-0.39, 0.29) is 0 Å². The molecule has 0 bridgehead atoms. The third kappa shape index (κ3) is 5.84. The molecule has 0 heterocycles. The Hall–Kier alpha value is -0.156. The average molecular weight is 139 g/mol. The summed E-state index contributed by atoms with van der Waals surface area (Å²) in [5.41, 5.74) is 0. The molecular formula is C6H8Ni. The van der Waals surface area contributed by atoms with Gasteiger partial charge in [0.15, 0.2) is 0 Å². The molecule has 0 N–H and O–H groups in total. The molecule has 0 aliphatic carbocycles. The Kier molecular flexibility index (Phi) is 3.92. The van der Waals surface area contributed by atoms with E-state index in [4.69, 9.17) is 0 Å². The molecule has 1 heteroatoms. The SMILES string of the molecule is C=C/C=C\[C](C)=[Ni]. The van der Waals surface area contributed by atoms with E-state index < -0.39 is 0 Å². The number of rotatable bonds is 2. The predicted molar refractivity (Wildman–Crippen MR) is 30.0 cm³/mol. The van der Waals surface area contributed by atoms with Crippen LogP contribution < -0.4 is 0 Å². The molecule has 0 spiro atoms. The zero-order valence-electron chi connectivity index (χ0n) is 4.26. The summed E-state index contributed by atoms with van der Waals surface area (Å²) >= 11 is 4.46. The maximum atomic E-state index is 4.46. The zero-order valence-corrected chi connectivity index (χ0v) is 5.24. The quantitative estimate of drug-likeness (QED) is 0.401. The molecule has 0 amide bonds. The van der Waals surface area contributed by atoms with Crippen LogP contribution in [-0.4, -0.2) is 4.49 Å². The molecule has 0 aliphatic heterocycles. The van der Waals surface area contributed by atoms with Crippen molar-refractivity contribution in [3.05, 3.63) is 24.8 Å². The van der Waals surface area contributed by atoms with Crippen molar-refractivity contribution in [3.63, 3.8) is 0 Å². The van der Waals surface area contributed by atoms with Crippen LogP contribution >= 0.6 is 0 Å². The first-order valence-corrected chi connectivity index (χ1v) is 2.52. The third-order valence-electron chi connectivity index (χ3n) is 0.452. The van der Waals surface area contributed by atoms with Crippen molar-refractivity contribution in [1.29, 1.82) is 0 Å². The van der Waals surface area contributed by atoms with E-state index in [1.165, 1.54) is 0 Å². The Morgan fingerprint density at radius 1 is 1.71 bits per heavy atom. The summed E-state index contributed by atoms with van der Waals surface area (Å²) in [5, 5.41) is 0. The normalized spacial score (nSPS) is 9.57. The van der Waals surface area contributed by atoms with Crippen molar-refractivity contribution in [2.45, 2.75) is 6.92 Å². The van der Waals surface area contributed by atoms with Gasteiger partial charge in [0, 0.05) is 0 Å². The van der Waals surface area contributed by atoms with Gasteiger partial charge >= 0.3 is 51.3 Å². The van der Waals surface area contributed by atoms with E-state index in [0.29, 0.717) is 0 Å². The van der Waals surface area contributed by atoms with Crippen molar-refractivity contribution in [1.82, 2.24) is 0 Å². The first kappa shape index (κ1) is 6.84. The van der Waals surface area contributed by atoms with Gasteiger partial charge in [-0.05, 0) is 0 Å². The van der Waals surface area contributed by atoms with Crippen LogP contribution in [-0.2, 0) is 15.0 Å². The van der Waals surface area contributed by atoms with E-state index in [1.54, 1.807) is 6.08 Å². The standard InChI is InChI=1S/C6H8.Ni/c1-3-5-6-4-2;/h3,5-6H,1H2,2H3;/b6-5-;. The molecule has 0 aromatic heterocycles. The summed E-state index contributed by atoms with van der Waals surface area (Å²) in [4.78, 5) is 0. The Morgan fingerprint density at radius 3 is 2.43 bits per heavy atom. The van der Waals surface area contributed by atoms with Crippen LogP contribution in [0.15, 0.2) is 24.8 Å². The zero-order chi connectivity index (χ0) is 5.70. The fourth-order valence-corrected chi connectivity index (χ4v) is 0.290. The molecule has 0 fully saturated rings. The van der Waals surface area contributed by atoms with Crippen LogP contribution in [0, 0.1) is 0 Å². The third-order valence-corrected chi connectivity index (χ3v) is 0.616. The second kappa shape index (κ2) is 4.01. The predicted octanol–water partition coefficient (Wildman–Crippen LogP) is 1.47. The van der Waals surface area contributed by atoms with Crippen molar-refractivity contribution in [2.24, 2.45) is 0 Å². The van der Waals surface area contributed by atoms with E-state index in [2.05, 4.69) is 21.6 Å². The number of allylic oxidation sites excluding steroid dienone is 3. The molecule has 0 unspecified atom stereocenters. The molecular weight excluding hydrogens is 131 g/mol. The van der Waals surface area contributed by atoms with Gasteiger partial charge in [0.25, 0.3) is 0 Å². The van der Waals surface area contributed by atoms with Gasteiger partial charge in [-0.25, -0.2) is 0 Å². The number of hydrogen-bond donors (Lipinski definition) is 0. The first-order valence-electron chi connectivity index (χ1n) is 2.02. The molecule has 0 saturated carbocycles. The van der Waals surface area contributed by atoms with Crippen LogP contribution in [0.25, 0.3) is 0 Å². The summed E-state index contributed by atoms with van der Waals surface area (Å²) in [6.45, 7) is 5.38. The minimum absolute atomic E-state index is 0.930. The summed E-state index contributed by atoms with van der Waals surface area (Å²) in [5.74, 6) is 0. The number of hydrogen-bond acceptors (Lipinski definition) is 0. The van der Waals surface area contributed by atoms with Crippen LogP contribution in [0.4, 0.5) is 0 Å². The average Bonchev–Trinajstić information content (AvgIpc) is 1.61. The van der Waals surface area contributed by atoms with Gasteiger partial charge in [0.2, 0.25) is 0 Å². The van der Waals surface area contributed by atoms with Gasteiger partial charge in [0.1, 0.15) is 0 Å². The van der Waals surface area contributed by atoms with Crippen LogP contribution in [0.3, 0.4) is 0 Å². The van der Waals surface area contributed by atoms with E-state index in [1.807, 2.05) is 19.1 Å². The van der Waals surface area contributed by atoms with Crippen LogP contribution in [0.5, 0.6) is 0 Å². The van der Waals surface area contributed by atoms with E-state index in [9.17, 15) is 0 Å².